The third-order valence-corrected chi connectivity index (χ3v) is 2.65. The molecule has 0 aromatic heterocycles. The fourth-order valence-electron chi connectivity index (χ4n) is 1.57. The summed E-state index contributed by atoms with van der Waals surface area (Å²) in [6, 6.07) is 0. The summed E-state index contributed by atoms with van der Waals surface area (Å²) in [7, 11) is 2.49. The van der Waals surface area contributed by atoms with Crippen LogP contribution in [0.15, 0.2) is 24.8 Å². The average Bonchev–Trinajstić information content (AvgIpc) is 2.45. The fourth-order valence-corrected chi connectivity index (χ4v) is 1.57. The van der Waals surface area contributed by atoms with Crippen LogP contribution in [0.25, 0.3) is 0 Å². The van der Waals surface area contributed by atoms with Crippen LogP contribution in [-0.2, 0) is 19.1 Å². The van der Waals surface area contributed by atoms with Gasteiger partial charge in [-0.2, -0.15) is 0 Å². The van der Waals surface area contributed by atoms with Gasteiger partial charge in [-0.3, -0.25) is 9.59 Å². The number of esters is 2. The van der Waals surface area contributed by atoms with Crippen LogP contribution in [0, 0.1) is 17.3 Å². The lowest BCUT2D eigenvalue weighted by molar-refractivity contribution is -0.168. The lowest BCUT2D eigenvalue weighted by Crippen LogP contribution is -2.40. The Bertz CT molecular complexity index is 394. The van der Waals surface area contributed by atoms with E-state index >= 15 is 0 Å². The molecule has 0 aromatic rings. The highest BCUT2D eigenvalue weighted by molar-refractivity contribution is 6.00. The van der Waals surface area contributed by atoms with Gasteiger partial charge >= 0.3 is 11.9 Å². The van der Waals surface area contributed by atoms with Crippen LogP contribution >= 0.6 is 0 Å². The van der Waals surface area contributed by atoms with Crippen molar-refractivity contribution in [1.82, 2.24) is 0 Å². The first-order chi connectivity index (χ1) is 9.08. The fraction of sp³-hybridized carbons (Fsp3) is 0.467. The van der Waals surface area contributed by atoms with Crippen LogP contribution < -0.4 is 0 Å². The second-order valence-corrected chi connectivity index (χ2v) is 3.87. The van der Waals surface area contributed by atoms with Gasteiger partial charge in [-0.1, -0.05) is 18.2 Å². The summed E-state index contributed by atoms with van der Waals surface area (Å²) >= 11 is 0. The maximum absolute atomic E-state index is 12.0. The van der Waals surface area contributed by atoms with Crippen LogP contribution in [0.1, 0.15) is 26.2 Å². The van der Waals surface area contributed by atoms with E-state index in [0.29, 0.717) is 6.42 Å². The van der Waals surface area contributed by atoms with E-state index in [0.717, 1.165) is 0 Å². The summed E-state index contributed by atoms with van der Waals surface area (Å²) in [5.41, 5.74) is -1.40. The van der Waals surface area contributed by atoms with E-state index in [1.165, 1.54) is 14.2 Å². The topological polar surface area (TPSA) is 52.6 Å². The predicted molar refractivity (Wildman–Crippen MR) is 73.1 cm³/mol. The zero-order valence-corrected chi connectivity index (χ0v) is 11.7. The van der Waals surface area contributed by atoms with Gasteiger partial charge in [0, 0.05) is 6.42 Å². The number of ether oxygens (including phenoxy) is 2. The third-order valence-electron chi connectivity index (χ3n) is 2.65. The smallest absolute Gasteiger partial charge is 0.324 e. The van der Waals surface area contributed by atoms with Gasteiger partial charge in [0.2, 0.25) is 0 Å². The molecule has 0 saturated heterocycles. The lowest BCUT2D eigenvalue weighted by atomic mass is 9.81. The molecule has 0 saturated carbocycles. The summed E-state index contributed by atoms with van der Waals surface area (Å²) in [6.07, 6.45) is 6.22. The SMILES string of the molecule is C=CC/C=C/CC(CC#CC)(C(=O)OC)C(=O)OC. The molecule has 0 amide bonds. The molecule has 0 bridgehead atoms. The minimum atomic E-state index is -1.40. The normalized spacial score (nSPS) is 10.5. The van der Waals surface area contributed by atoms with Crippen LogP contribution in [0.2, 0.25) is 0 Å². The van der Waals surface area contributed by atoms with E-state index < -0.39 is 17.4 Å². The van der Waals surface area contributed by atoms with Gasteiger partial charge in [0.15, 0.2) is 5.41 Å². The Kier molecular flexibility index (Phi) is 8.03. The van der Waals surface area contributed by atoms with Gasteiger partial charge in [0.1, 0.15) is 0 Å². The highest BCUT2D eigenvalue weighted by Crippen LogP contribution is 2.30. The summed E-state index contributed by atoms with van der Waals surface area (Å²) in [5.74, 6) is 4.16. The van der Waals surface area contributed by atoms with Gasteiger partial charge in [-0.15, -0.1) is 18.4 Å². The van der Waals surface area contributed by atoms with Crippen molar-refractivity contribution in [2.75, 3.05) is 14.2 Å². The molecule has 0 aromatic carbocycles. The first kappa shape index (κ1) is 17.0. The van der Waals surface area contributed by atoms with Crippen LogP contribution in [0.5, 0.6) is 0 Å². The van der Waals surface area contributed by atoms with Crippen LogP contribution in [0.4, 0.5) is 0 Å². The van der Waals surface area contributed by atoms with Crippen molar-refractivity contribution in [3.63, 3.8) is 0 Å². The molecule has 4 heteroatoms. The Morgan fingerprint density at radius 2 is 1.79 bits per heavy atom. The molecule has 0 spiro atoms. The number of carbonyl (C=O) groups is 2. The van der Waals surface area contributed by atoms with Gasteiger partial charge in [-0.25, -0.2) is 0 Å². The summed E-state index contributed by atoms with van der Waals surface area (Å²) < 4.78 is 9.46. The summed E-state index contributed by atoms with van der Waals surface area (Å²) in [5, 5.41) is 0. The van der Waals surface area contributed by atoms with Crippen molar-refractivity contribution in [3.8, 4) is 11.8 Å². The zero-order chi connectivity index (χ0) is 14.7. The van der Waals surface area contributed by atoms with E-state index in [2.05, 4.69) is 18.4 Å². The highest BCUT2D eigenvalue weighted by Gasteiger charge is 2.46. The van der Waals surface area contributed by atoms with Crippen molar-refractivity contribution >= 4 is 11.9 Å². The lowest BCUT2D eigenvalue weighted by Gasteiger charge is -2.24. The first-order valence-electron chi connectivity index (χ1n) is 5.91. The first-order valence-corrected chi connectivity index (χ1v) is 5.91. The molecule has 0 fully saturated rings. The third kappa shape index (κ3) is 4.63. The molecule has 104 valence electrons. The molecule has 0 aliphatic carbocycles. The Labute approximate surface area is 114 Å². The van der Waals surface area contributed by atoms with Crippen molar-refractivity contribution in [2.24, 2.45) is 5.41 Å². The standard InChI is InChI=1S/C15H20O4/c1-5-7-9-10-12-15(11-8-6-2,13(16)18-3)14(17)19-4/h5,9-10H,1,7,11-12H2,2-4H3/b10-9+. The van der Waals surface area contributed by atoms with Gasteiger partial charge < -0.3 is 9.47 Å². The molecule has 0 atom stereocenters. The minimum absolute atomic E-state index is 0.0707. The number of rotatable bonds is 7. The van der Waals surface area contributed by atoms with Crippen molar-refractivity contribution in [1.29, 1.82) is 0 Å². The summed E-state index contributed by atoms with van der Waals surface area (Å²) in [4.78, 5) is 23.9. The molecule has 0 aliphatic heterocycles. The van der Waals surface area contributed by atoms with E-state index in [1.807, 2.05) is 6.08 Å². The quantitative estimate of drug-likeness (QED) is 0.306. The number of hydrogen-bond acceptors (Lipinski definition) is 4. The minimum Gasteiger partial charge on any atom is -0.468 e. The highest BCUT2D eigenvalue weighted by atomic mass is 16.5. The number of methoxy groups -OCH3 is 2. The zero-order valence-electron chi connectivity index (χ0n) is 11.7. The van der Waals surface area contributed by atoms with Crippen LogP contribution in [-0.4, -0.2) is 26.2 Å². The second kappa shape index (κ2) is 8.98. The Morgan fingerprint density at radius 3 is 2.21 bits per heavy atom. The Balaban J connectivity index is 5.32. The maximum Gasteiger partial charge on any atom is 0.324 e. The molecule has 0 rings (SSSR count). The van der Waals surface area contributed by atoms with Gasteiger partial charge in [0.05, 0.1) is 14.2 Å². The van der Waals surface area contributed by atoms with E-state index in [9.17, 15) is 9.59 Å². The van der Waals surface area contributed by atoms with Gasteiger partial charge in [-0.05, 0) is 19.8 Å². The van der Waals surface area contributed by atoms with E-state index in [4.69, 9.17) is 9.47 Å². The molecule has 0 radical (unpaired) electrons. The van der Waals surface area contributed by atoms with Crippen molar-refractivity contribution < 1.29 is 19.1 Å². The molecule has 0 heterocycles. The summed E-state index contributed by atoms with van der Waals surface area (Å²) in [6.45, 7) is 5.24. The molecule has 19 heavy (non-hydrogen) atoms. The van der Waals surface area contributed by atoms with Crippen molar-refractivity contribution in [3.05, 3.63) is 24.8 Å². The number of carbonyl (C=O) groups excluding carboxylic acids is 2. The van der Waals surface area contributed by atoms with E-state index in [1.54, 1.807) is 19.1 Å². The molecule has 0 N–H and O–H groups in total. The monoisotopic (exact) mass is 264 g/mol. The van der Waals surface area contributed by atoms with E-state index in [-0.39, 0.29) is 12.8 Å². The number of allylic oxidation sites excluding steroid dienone is 3. The molecule has 4 nitrogen and oxygen atoms in total. The average molecular weight is 264 g/mol. The maximum atomic E-state index is 12.0. The molecule has 0 aliphatic rings. The Hall–Kier alpha value is -2.02. The predicted octanol–water partition coefficient (Wildman–Crippen LogP) is 2.25. The number of hydrogen-bond donors (Lipinski definition) is 0. The molecular weight excluding hydrogens is 244 g/mol. The second-order valence-electron chi connectivity index (χ2n) is 3.87. The van der Waals surface area contributed by atoms with Crippen molar-refractivity contribution in [2.45, 2.75) is 26.2 Å². The molecular formula is C15H20O4. The van der Waals surface area contributed by atoms with Crippen LogP contribution in [0.3, 0.4) is 0 Å². The largest absolute Gasteiger partial charge is 0.468 e. The Morgan fingerprint density at radius 1 is 1.21 bits per heavy atom. The molecule has 0 unspecified atom stereocenters. The van der Waals surface area contributed by atoms with Gasteiger partial charge in [0.25, 0.3) is 0 Å².